The van der Waals surface area contributed by atoms with Gasteiger partial charge in [-0.2, -0.15) is 0 Å². The predicted molar refractivity (Wildman–Crippen MR) is 190 cm³/mol. The number of para-hydroxylation sites is 1. The lowest BCUT2D eigenvalue weighted by molar-refractivity contribution is 1.18. The molecular formula is C43H29N3. The van der Waals surface area contributed by atoms with Crippen molar-refractivity contribution in [2.24, 2.45) is 0 Å². The highest BCUT2D eigenvalue weighted by molar-refractivity contribution is 5.94. The Morgan fingerprint density at radius 1 is 0.326 bits per heavy atom. The van der Waals surface area contributed by atoms with Gasteiger partial charge in [0.1, 0.15) is 0 Å². The maximum atomic E-state index is 5.02. The van der Waals surface area contributed by atoms with E-state index < -0.39 is 0 Å². The molecule has 216 valence electrons. The fourth-order valence-corrected chi connectivity index (χ4v) is 5.95. The molecule has 2 aromatic heterocycles. The van der Waals surface area contributed by atoms with E-state index in [0.29, 0.717) is 5.82 Å². The van der Waals surface area contributed by atoms with Crippen molar-refractivity contribution in [3.8, 4) is 67.3 Å². The standard InChI is InChI=1S/C43H29N3/c1-3-9-30(10-4-1)31-17-23-35(24-18-31)41-29-42(46-43(45-41)37-11-5-2-6-12-37)36-25-19-33(20-26-36)32-15-21-34(22-16-32)38-27-28-44-40-14-8-7-13-39(38)40/h1-29H. The minimum atomic E-state index is 0.712. The molecule has 0 aliphatic rings. The molecule has 0 N–H and O–H groups in total. The molecule has 8 aromatic rings. The van der Waals surface area contributed by atoms with E-state index in [1.165, 1.54) is 27.8 Å². The third-order valence-corrected chi connectivity index (χ3v) is 8.40. The quantitative estimate of drug-likeness (QED) is 0.194. The molecule has 0 aliphatic carbocycles. The van der Waals surface area contributed by atoms with Crippen LogP contribution in [-0.2, 0) is 0 Å². The summed E-state index contributed by atoms with van der Waals surface area (Å²) in [6, 6.07) is 59.1. The lowest BCUT2D eigenvalue weighted by Gasteiger charge is -2.11. The zero-order valence-electron chi connectivity index (χ0n) is 25.1. The average Bonchev–Trinajstić information content (AvgIpc) is 3.15. The van der Waals surface area contributed by atoms with Crippen molar-refractivity contribution < 1.29 is 0 Å². The molecule has 0 aliphatic heterocycles. The van der Waals surface area contributed by atoms with E-state index in [1.807, 2.05) is 36.5 Å². The molecule has 46 heavy (non-hydrogen) atoms. The van der Waals surface area contributed by atoms with Gasteiger partial charge in [0, 0.05) is 28.3 Å². The number of aromatic nitrogens is 3. The molecule has 0 amide bonds. The average molecular weight is 588 g/mol. The molecule has 2 heterocycles. The maximum absolute atomic E-state index is 5.02. The van der Waals surface area contributed by atoms with Gasteiger partial charge in [0.15, 0.2) is 5.82 Å². The molecule has 0 atom stereocenters. The topological polar surface area (TPSA) is 38.7 Å². The lowest BCUT2D eigenvalue weighted by atomic mass is 9.97. The van der Waals surface area contributed by atoms with Gasteiger partial charge in [-0.1, -0.05) is 152 Å². The number of nitrogens with zero attached hydrogens (tertiary/aromatic N) is 3. The van der Waals surface area contributed by atoms with Crippen molar-refractivity contribution in [2.45, 2.75) is 0 Å². The Bertz CT molecular complexity index is 2250. The molecule has 0 spiro atoms. The first-order valence-corrected chi connectivity index (χ1v) is 15.4. The number of hydrogen-bond donors (Lipinski definition) is 0. The van der Waals surface area contributed by atoms with Crippen molar-refractivity contribution in [2.75, 3.05) is 0 Å². The van der Waals surface area contributed by atoms with Crippen molar-refractivity contribution in [3.05, 3.63) is 176 Å². The number of pyridine rings is 1. The predicted octanol–water partition coefficient (Wildman–Crippen LogP) is 11.0. The van der Waals surface area contributed by atoms with Crippen LogP contribution < -0.4 is 0 Å². The molecule has 0 bridgehead atoms. The molecule has 0 saturated carbocycles. The lowest BCUT2D eigenvalue weighted by Crippen LogP contribution is -1.96. The molecule has 8 rings (SSSR count). The molecule has 3 heteroatoms. The minimum Gasteiger partial charge on any atom is -0.256 e. The Morgan fingerprint density at radius 3 is 1.33 bits per heavy atom. The van der Waals surface area contributed by atoms with Crippen molar-refractivity contribution >= 4 is 10.9 Å². The smallest absolute Gasteiger partial charge is 0.160 e. The maximum Gasteiger partial charge on any atom is 0.160 e. The van der Waals surface area contributed by atoms with E-state index in [2.05, 4.69) is 145 Å². The molecule has 0 unspecified atom stereocenters. The van der Waals surface area contributed by atoms with Gasteiger partial charge in [0.2, 0.25) is 0 Å². The minimum absolute atomic E-state index is 0.712. The highest BCUT2D eigenvalue weighted by Crippen LogP contribution is 2.32. The van der Waals surface area contributed by atoms with Gasteiger partial charge in [0.25, 0.3) is 0 Å². The Morgan fingerprint density at radius 2 is 0.761 bits per heavy atom. The van der Waals surface area contributed by atoms with Crippen LogP contribution in [0.15, 0.2) is 176 Å². The SMILES string of the molecule is c1ccc(-c2ccc(-c3cc(-c4ccc(-c5ccc(-c6ccnc7ccccc67)cc5)cc4)nc(-c4ccccc4)n3)cc2)cc1. The third kappa shape index (κ3) is 5.47. The number of hydrogen-bond acceptors (Lipinski definition) is 3. The first-order chi connectivity index (χ1) is 22.8. The van der Waals surface area contributed by atoms with E-state index in [0.717, 1.165) is 44.5 Å². The first kappa shape index (κ1) is 27.4. The Hall–Kier alpha value is -6.19. The zero-order chi connectivity index (χ0) is 30.7. The van der Waals surface area contributed by atoms with Gasteiger partial charge in [0.05, 0.1) is 16.9 Å². The summed E-state index contributed by atoms with van der Waals surface area (Å²) >= 11 is 0. The Balaban J connectivity index is 1.12. The van der Waals surface area contributed by atoms with Crippen LogP contribution in [0, 0.1) is 0 Å². The first-order valence-electron chi connectivity index (χ1n) is 15.4. The largest absolute Gasteiger partial charge is 0.256 e. The highest BCUT2D eigenvalue weighted by Gasteiger charge is 2.12. The Kier molecular flexibility index (Phi) is 7.18. The third-order valence-electron chi connectivity index (χ3n) is 8.40. The summed E-state index contributed by atoms with van der Waals surface area (Å²) in [5, 5.41) is 1.16. The van der Waals surface area contributed by atoms with Crippen LogP contribution in [0.2, 0.25) is 0 Å². The monoisotopic (exact) mass is 587 g/mol. The summed E-state index contributed by atoms with van der Waals surface area (Å²) in [4.78, 5) is 14.5. The zero-order valence-corrected chi connectivity index (χ0v) is 25.1. The molecule has 0 radical (unpaired) electrons. The molecule has 3 nitrogen and oxygen atoms in total. The van der Waals surface area contributed by atoms with E-state index >= 15 is 0 Å². The van der Waals surface area contributed by atoms with Crippen LogP contribution in [-0.4, -0.2) is 15.0 Å². The van der Waals surface area contributed by atoms with Crippen LogP contribution in [0.3, 0.4) is 0 Å². The second kappa shape index (κ2) is 12.1. The number of benzene rings is 6. The van der Waals surface area contributed by atoms with Crippen LogP contribution >= 0.6 is 0 Å². The summed E-state index contributed by atoms with van der Waals surface area (Å²) in [5.74, 6) is 0.712. The van der Waals surface area contributed by atoms with E-state index in [9.17, 15) is 0 Å². The van der Waals surface area contributed by atoms with Gasteiger partial charge in [-0.25, -0.2) is 9.97 Å². The van der Waals surface area contributed by atoms with Gasteiger partial charge in [-0.15, -0.1) is 0 Å². The van der Waals surface area contributed by atoms with Crippen LogP contribution in [0.1, 0.15) is 0 Å². The van der Waals surface area contributed by atoms with Gasteiger partial charge in [-0.05, 0) is 51.6 Å². The van der Waals surface area contributed by atoms with Crippen molar-refractivity contribution in [1.29, 1.82) is 0 Å². The summed E-state index contributed by atoms with van der Waals surface area (Å²) < 4.78 is 0. The fraction of sp³-hybridized carbons (Fsp3) is 0. The second-order valence-electron chi connectivity index (χ2n) is 11.3. The normalized spacial score (nSPS) is 11.0. The van der Waals surface area contributed by atoms with Crippen LogP contribution in [0.25, 0.3) is 78.2 Å². The van der Waals surface area contributed by atoms with Crippen molar-refractivity contribution in [1.82, 2.24) is 15.0 Å². The molecule has 0 fully saturated rings. The van der Waals surface area contributed by atoms with Crippen LogP contribution in [0.4, 0.5) is 0 Å². The summed E-state index contributed by atoms with van der Waals surface area (Å²) in [6.07, 6.45) is 1.88. The summed E-state index contributed by atoms with van der Waals surface area (Å²) in [7, 11) is 0. The van der Waals surface area contributed by atoms with E-state index in [4.69, 9.17) is 9.97 Å². The highest BCUT2D eigenvalue weighted by atomic mass is 14.9. The van der Waals surface area contributed by atoms with E-state index in [-0.39, 0.29) is 0 Å². The molecule has 0 saturated heterocycles. The molecular weight excluding hydrogens is 558 g/mol. The van der Waals surface area contributed by atoms with Crippen LogP contribution in [0.5, 0.6) is 0 Å². The second-order valence-corrected chi connectivity index (χ2v) is 11.3. The fourth-order valence-electron chi connectivity index (χ4n) is 5.95. The number of fused-ring (bicyclic) bond motifs is 1. The summed E-state index contributed by atoms with van der Waals surface area (Å²) in [6.45, 7) is 0. The Labute approximate surface area is 268 Å². The van der Waals surface area contributed by atoms with Gasteiger partial charge in [-0.3, -0.25) is 4.98 Å². The van der Waals surface area contributed by atoms with Crippen molar-refractivity contribution in [3.63, 3.8) is 0 Å². The van der Waals surface area contributed by atoms with E-state index in [1.54, 1.807) is 0 Å². The molecule has 6 aromatic carbocycles. The number of rotatable bonds is 6. The van der Waals surface area contributed by atoms with Gasteiger partial charge < -0.3 is 0 Å². The summed E-state index contributed by atoms with van der Waals surface area (Å²) in [5.41, 5.74) is 13.0. The van der Waals surface area contributed by atoms with Gasteiger partial charge >= 0.3 is 0 Å².